The van der Waals surface area contributed by atoms with E-state index in [0.29, 0.717) is 5.69 Å². The van der Waals surface area contributed by atoms with Crippen LogP contribution in [0.2, 0.25) is 0 Å². The lowest BCUT2D eigenvalue weighted by Crippen LogP contribution is -2.50. The molecule has 0 aliphatic rings. The highest BCUT2D eigenvalue weighted by molar-refractivity contribution is 5.95. The third-order valence-corrected chi connectivity index (χ3v) is 2.79. The molecule has 116 valence electrons. The first kappa shape index (κ1) is 17.0. The summed E-state index contributed by atoms with van der Waals surface area (Å²) in [7, 11) is 0. The molecule has 1 rings (SSSR count). The Morgan fingerprint density at radius 1 is 1.14 bits per heavy atom. The molecule has 1 N–H and O–H groups in total. The number of hydrogen-bond donors (Lipinski definition) is 1. The Balaban J connectivity index is 3.23. The number of amides is 1. The molecule has 1 amide bonds. The Morgan fingerprint density at radius 2 is 1.67 bits per heavy atom. The Bertz CT molecular complexity index is 491. The van der Waals surface area contributed by atoms with E-state index in [2.05, 4.69) is 0 Å². The summed E-state index contributed by atoms with van der Waals surface area (Å²) < 4.78 is 5.36. The van der Waals surface area contributed by atoms with Gasteiger partial charge in [-0.2, -0.15) is 0 Å². The lowest BCUT2D eigenvalue weighted by molar-refractivity contribution is -0.139. The molecule has 1 aromatic carbocycles. The summed E-state index contributed by atoms with van der Waals surface area (Å²) in [5, 5.41) is 9.47. The fraction of sp³-hybridized carbons (Fsp3) is 0.500. The Labute approximate surface area is 125 Å². The smallest absolute Gasteiger partial charge is 0.415 e. The molecule has 0 aliphatic carbocycles. The molecule has 0 unspecified atom stereocenters. The van der Waals surface area contributed by atoms with Crippen LogP contribution in [0.1, 0.15) is 34.6 Å². The van der Waals surface area contributed by atoms with Crippen LogP contribution in [0, 0.1) is 5.92 Å². The number of nitrogens with zero attached hydrogens (tertiary/aromatic N) is 1. The highest BCUT2D eigenvalue weighted by Crippen LogP contribution is 2.24. The van der Waals surface area contributed by atoms with Gasteiger partial charge < -0.3 is 9.84 Å². The average Bonchev–Trinajstić information content (AvgIpc) is 2.33. The van der Waals surface area contributed by atoms with Crippen molar-refractivity contribution in [2.75, 3.05) is 4.90 Å². The predicted molar refractivity (Wildman–Crippen MR) is 81.4 cm³/mol. The van der Waals surface area contributed by atoms with Crippen LogP contribution in [0.5, 0.6) is 0 Å². The van der Waals surface area contributed by atoms with Crippen molar-refractivity contribution in [3.8, 4) is 0 Å². The van der Waals surface area contributed by atoms with Crippen LogP contribution < -0.4 is 4.90 Å². The van der Waals surface area contributed by atoms with Crippen LogP contribution in [-0.2, 0) is 9.53 Å². The first-order chi connectivity index (χ1) is 9.63. The molecule has 5 nitrogen and oxygen atoms in total. The van der Waals surface area contributed by atoms with Gasteiger partial charge in [0, 0.05) is 5.69 Å². The minimum absolute atomic E-state index is 0.254. The summed E-state index contributed by atoms with van der Waals surface area (Å²) in [5.74, 6) is -1.31. The van der Waals surface area contributed by atoms with Gasteiger partial charge in [0.1, 0.15) is 11.6 Å². The molecule has 0 spiro atoms. The topological polar surface area (TPSA) is 66.8 Å². The highest BCUT2D eigenvalue weighted by atomic mass is 16.6. The van der Waals surface area contributed by atoms with Gasteiger partial charge in [-0.3, -0.25) is 4.90 Å². The summed E-state index contributed by atoms with van der Waals surface area (Å²) in [6.45, 7) is 8.77. The van der Waals surface area contributed by atoms with Crippen molar-refractivity contribution in [3.63, 3.8) is 0 Å². The summed E-state index contributed by atoms with van der Waals surface area (Å²) in [4.78, 5) is 25.2. The van der Waals surface area contributed by atoms with E-state index in [9.17, 15) is 14.7 Å². The molecule has 0 radical (unpaired) electrons. The predicted octanol–water partition coefficient (Wildman–Crippen LogP) is 3.54. The van der Waals surface area contributed by atoms with Gasteiger partial charge in [0.15, 0.2) is 0 Å². The number of hydrogen-bond acceptors (Lipinski definition) is 3. The van der Waals surface area contributed by atoms with Gasteiger partial charge >= 0.3 is 12.1 Å². The van der Waals surface area contributed by atoms with Gasteiger partial charge in [0.25, 0.3) is 0 Å². The first-order valence-electron chi connectivity index (χ1n) is 6.93. The molecular weight excluding hydrogens is 270 g/mol. The zero-order valence-corrected chi connectivity index (χ0v) is 13.2. The molecule has 0 aromatic heterocycles. The van der Waals surface area contributed by atoms with Crippen molar-refractivity contribution >= 4 is 17.7 Å². The fourth-order valence-electron chi connectivity index (χ4n) is 1.97. The Morgan fingerprint density at radius 3 is 2.05 bits per heavy atom. The molecule has 5 heteroatoms. The number of anilines is 1. The monoisotopic (exact) mass is 293 g/mol. The van der Waals surface area contributed by atoms with Gasteiger partial charge in [-0.25, -0.2) is 9.59 Å². The van der Waals surface area contributed by atoms with Gasteiger partial charge in [0.05, 0.1) is 0 Å². The molecule has 21 heavy (non-hydrogen) atoms. The average molecular weight is 293 g/mol. The van der Waals surface area contributed by atoms with E-state index in [-0.39, 0.29) is 5.92 Å². The lowest BCUT2D eigenvalue weighted by atomic mass is 10.0. The summed E-state index contributed by atoms with van der Waals surface area (Å²) >= 11 is 0. The van der Waals surface area contributed by atoms with Gasteiger partial charge in [0.2, 0.25) is 0 Å². The summed E-state index contributed by atoms with van der Waals surface area (Å²) in [6, 6.07) is 7.73. The van der Waals surface area contributed by atoms with Crippen molar-refractivity contribution in [2.45, 2.75) is 46.3 Å². The number of carboxylic acids is 1. The second-order valence-corrected chi connectivity index (χ2v) is 6.21. The molecule has 0 aliphatic heterocycles. The van der Waals surface area contributed by atoms with Gasteiger partial charge in [-0.1, -0.05) is 32.0 Å². The van der Waals surface area contributed by atoms with Crippen LogP contribution in [0.15, 0.2) is 30.3 Å². The molecule has 0 bridgehead atoms. The molecule has 0 saturated carbocycles. The number of carbonyl (C=O) groups excluding carboxylic acids is 1. The number of ether oxygens (including phenoxy) is 1. The van der Waals surface area contributed by atoms with E-state index in [1.54, 1.807) is 58.9 Å². The molecular formula is C16H23NO4. The quantitative estimate of drug-likeness (QED) is 0.922. The third-order valence-electron chi connectivity index (χ3n) is 2.79. The number of benzene rings is 1. The van der Waals surface area contributed by atoms with Gasteiger partial charge in [-0.15, -0.1) is 0 Å². The van der Waals surface area contributed by atoms with E-state index in [0.717, 1.165) is 0 Å². The van der Waals surface area contributed by atoms with E-state index in [4.69, 9.17) is 4.74 Å². The number of aliphatic carboxylic acids is 1. The molecule has 0 fully saturated rings. The third kappa shape index (κ3) is 4.77. The van der Waals surface area contributed by atoms with E-state index >= 15 is 0 Å². The normalized spacial score (nSPS) is 12.9. The first-order valence-corrected chi connectivity index (χ1v) is 6.93. The van der Waals surface area contributed by atoms with E-state index < -0.39 is 23.7 Å². The van der Waals surface area contributed by atoms with Crippen molar-refractivity contribution in [1.29, 1.82) is 0 Å². The van der Waals surface area contributed by atoms with E-state index in [1.807, 2.05) is 6.07 Å². The van der Waals surface area contributed by atoms with Gasteiger partial charge in [-0.05, 0) is 38.8 Å². The van der Waals surface area contributed by atoms with Crippen LogP contribution in [0.3, 0.4) is 0 Å². The fourth-order valence-corrected chi connectivity index (χ4v) is 1.97. The highest BCUT2D eigenvalue weighted by Gasteiger charge is 2.36. The van der Waals surface area contributed by atoms with Crippen molar-refractivity contribution in [2.24, 2.45) is 5.92 Å². The zero-order chi connectivity index (χ0) is 16.2. The zero-order valence-electron chi connectivity index (χ0n) is 13.2. The molecule has 0 heterocycles. The minimum Gasteiger partial charge on any atom is -0.480 e. The van der Waals surface area contributed by atoms with E-state index in [1.165, 1.54) is 4.90 Å². The number of rotatable bonds is 4. The maximum Gasteiger partial charge on any atom is 0.415 e. The molecule has 0 saturated heterocycles. The summed E-state index contributed by atoms with van der Waals surface area (Å²) in [6.07, 6.45) is -0.658. The lowest BCUT2D eigenvalue weighted by Gasteiger charge is -2.33. The molecule has 1 atom stereocenters. The Hall–Kier alpha value is -2.04. The van der Waals surface area contributed by atoms with Crippen molar-refractivity contribution < 1.29 is 19.4 Å². The van der Waals surface area contributed by atoms with Crippen LogP contribution >= 0.6 is 0 Å². The second kappa shape index (κ2) is 6.61. The van der Waals surface area contributed by atoms with Crippen molar-refractivity contribution in [1.82, 2.24) is 0 Å². The largest absolute Gasteiger partial charge is 0.480 e. The maximum atomic E-state index is 12.5. The Kier molecular flexibility index (Phi) is 5.35. The summed E-state index contributed by atoms with van der Waals surface area (Å²) in [5.41, 5.74) is -0.183. The number of para-hydroxylation sites is 1. The van der Waals surface area contributed by atoms with Crippen LogP contribution in [-0.4, -0.2) is 28.8 Å². The minimum atomic E-state index is -1.06. The van der Waals surface area contributed by atoms with Crippen LogP contribution in [0.4, 0.5) is 10.5 Å². The maximum absolute atomic E-state index is 12.5. The standard InChI is InChI=1S/C16H23NO4/c1-11(2)13(14(18)19)17(12-9-7-6-8-10-12)15(20)21-16(3,4)5/h6-11,13H,1-5H3,(H,18,19)/t13-/m0/s1. The SMILES string of the molecule is CC(C)[C@@H](C(=O)O)N(C(=O)OC(C)(C)C)c1ccccc1. The van der Waals surface area contributed by atoms with Crippen LogP contribution in [0.25, 0.3) is 0 Å². The molecule has 1 aromatic rings. The second-order valence-electron chi connectivity index (χ2n) is 6.21. The van der Waals surface area contributed by atoms with Crippen molar-refractivity contribution in [3.05, 3.63) is 30.3 Å². The number of carboxylic acid groups (broad SMARTS) is 1. The number of carbonyl (C=O) groups is 2.